The van der Waals surface area contributed by atoms with E-state index >= 15 is 0 Å². The Morgan fingerprint density at radius 3 is 2.50 bits per heavy atom. The van der Waals surface area contributed by atoms with Gasteiger partial charge in [-0.25, -0.2) is 0 Å². The smallest absolute Gasteiger partial charge is 0.0588 e. The van der Waals surface area contributed by atoms with Crippen molar-refractivity contribution in [3.05, 3.63) is 0 Å². The highest BCUT2D eigenvalue weighted by Crippen LogP contribution is 2.23. The topological polar surface area (TPSA) is 47.3 Å². The quantitative estimate of drug-likeness (QED) is 0.764. The molecular weight excluding hydrogens is 200 g/mol. The van der Waals surface area contributed by atoms with Crippen molar-refractivity contribution in [3.8, 4) is 0 Å². The minimum absolute atomic E-state index is 0.451. The fourth-order valence-electron chi connectivity index (χ4n) is 2.91. The molecule has 0 aromatic heterocycles. The van der Waals surface area contributed by atoms with Gasteiger partial charge in [-0.3, -0.25) is 0 Å². The number of hydrogen-bond acceptors (Lipinski definition) is 3. The van der Waals surface area contributed by atoms with Gasteiger partial charge in [-0.15, -0.1) is 0 Å². The van der Waals surface area contributed by atoms with Crippen molar-refractivity contribution < 1.29 is 4.74 Å². The highest BCUT2D eigenvalue weighted by Gasteiger charge is 2.24. The largest absolute Gasteiger partial charge is 0.378 e. The monoisotopic (exact) mass is 226 g/mol. The highest BCUT2D eigenvalue weighted by molar-refractivity contribution is 4.78. The van der Waals surface area contributed by atoms with Crippen LogP contribution in [0.15, 0.2) is 0 Å². The lowest BCUT2D eigenvalue weighted by molar-refractivity contribution is 0.105. The number of hydrogen-bond donors (Lipinski definition) is 2. The van der Waals surface area contributed by atoms with E-state index in [0.29, 0.717) is 12.1 Å². The van der Waals surface area contributed by atoms with Gasteiger partial charge in [-0.05, 0) is 57.4 Å². The van der Waals surface area contributed by atoms with E-state index in [1.54, 1.807) is 0 Å². The second kappa shape index (κ2) is 5.99. The van der Waals surface area contributed by atoms with Crippen LogP contribution in [0.4, 0.5) is 0 Å². The zero-order valence-electron chi connectivity index (χ0n) is 10.5. The van der Waals surface area contributed by atoms with Crippen LogP contribution < -0.4 is 11.1 Å². The van der Waals surface area contributed by atoms with E-state index in [2.05, 4.69) is 12.2 Å². The van der Waals surface area contributed by atoms with Crippen LogP contribution in [0.25, 0.3) is 0 Å². The van der Waals surface area contributed by atoms with Crippen LogP contribution in [0.5, 0.6) is 0 Å². The Bertz CT molecular complexity index is 202. The van der Waals surface area contributed by atoms with Crippen molar-refractivity contribution in [1.29, 1.82) is 0 Å². The van der Waals surface area contributed by atoms with Crippen LogP contribution in [0.2, 0.25) is 0 Å². The lowest BCUT2D eigenvalue weighted by Gasteiger charge is -2.26. The van der Waals surface area contributed by atoms with E-state index in [9.17, 15) is 0 Å². The Morgan fingerprint density at radius 1 is 1.12 bits per heavy atom. The summed E-state index contributed by atoms with van der Waals surface area (Å²) in [4.78, 5) is 0. The van der Waals surface area contributed by atoms with Gasteiger partial charge in [0.15, 0.2) is 0 Å². The Balaban J connectivity index is 1.57. The van der Waals surface area contributed by atoms with Gasteiger partial charge >= 0.3 is 0 Å². The van der Waals surface area contributed by atoms with Crippen molar-refractivity contribution in [2.75, 3.05) is 19.7 Å². The molecule has 0 amide bonds. The molecule has 0 radical (unpaired) electrons. The SMILES string of the molecule is CC1OCCC1CNCC1CCC(N)CC1. The predicted molar refractivity (Wildman–Crippen MR) is 66.3 cm³/mol. The first-order chi connectivity index (χ1) is 7.75. The third kappa shape index (κ3) is 3.44. The van der Waals surface area contributed by atoms with Crippen molar-refractivity contribution in [3.63, 3.8) is 0 Å². The van der Waals surface area contributed by atoms with Crippen LogP contribution >= 0.6 is 0 Å². The molecule has 1 aliphatic carbocycles. The molecule has 3 nitrogen and oxygen atoms in total. The van der Waals surface area contributed by atoms with Crippen molar-refractivity contribution in [2.24, 2.45) is 17.6 Å². The molecule has 2 atom stereocenters. The second-order valence-electron chi connectivity index (χ2n) is 5.56. The van der Waals surface area contributed by atoms with Crippen molar-refractivity contribution in [2.45, 2.75) is 51.2 Å². The normalized spacial score (nSPS) is 40.1. The molecule has 0 spiro atoms. The molecule has 0 bridgehead atoms. The maximum atomic E-state index is 5.91. The van der Waals surface area contributed by atoms with Gasteiger partial charge in [-0.1, -0.05) is 0 Å². The summed E-state index contributed by atoms with van der Waals surface area (Å²) in [5, 5.41) is 3.62. The molecule has 1 saturated carbocycles. The first kappa shape index (κ1) is 12.3. The van der Waals surface area contributed by atoms with Crippen LogP contribution in [0.1, 0.15) is 39.0 Å². The number of nitrogens with two attached hydrogens (primary N) is 1. The summed E-state index contributed by atoms with van der Waals surface area (Å²) in [6, 6.07) is 0.472. The molecule has 2 fully saturated rings. The Kier molecular flexibility index (Phi) is 4.62. The fourth-order valence-corrected chi connectivity index (χ4v) is 2.91. The molecule has 1 aliphatic heterocycles. The standard InChI is InChI=1S/C13H26N2O/c1-10-12(6-7-16-10)9-15-8-11-2-4-13(14)5-3-11/h10-13,15H,2-9,14H2,1H3. The summed E-state index contributed by atoms with van der Waals surface area (Å²) in [5.74, 6) is 1.59. The van der Waals surface area contributed by atoms with E-state index in [1.807, 2.05) is 0 Å². The minimum atomic E-state index is 0.451. The average Bonchev–Trinajstić information content (AvgIpc) is 2.68. The zero-order valence-corrected chi connectivity index (χ0v) is 10.5. The third-order valence-electron chi connectivity index (χ3n) is 4.26. The maximum Gasteiger partial charge on any atom is 0.0588 e. The molecule has 3 N–H and O–H groups in total. The molecule has 1 heterocycles. The molecule has 2 rings (SSSR count). The Morgan fingerprint density at radius 2 is 1.88 bits per heavy atom. The average molecular weight is 226 g/mol. The van der Waals surface area contributed by atoms with Crippen LogP contribution in [-0.2, 0) is 4.74 Å². The van der Waals surface area contributed by atoms with E-state index in [-0.39, 0.29) is 0 Å². The molecule has 1 saturated heterocycles. The van der Waals surface area contributed by atoms with Gasteiger partial charge in [0.05, 0.1) is 6.10 Å². The van der Waals surface area contributed by atoms with Crippen LogP contribution in [0, 0.1) is 11.8 Å². The zero-order chi connectivity index (χ0) is 11.4. The molecule has 16 heavy (non-hydrogen) atoms. The molecule has 94 valence electrons. The summed E-state index contributed by atoms with van der Waals surface area (Å²) in [6.07, 6.45) is 6.73. The van der Waals surface area contributed by atoms with Gasteiger partial charge in [0.1, 0.15) is 0 Å². The summed E-state index contributed by atoms with van der Waals surface area (Å²) in [7, 11) is 0. The van der Waals surface area contributed by atoms with Crippen LogP contribution in [-0.4, -0.2) is 31.8 Å². The fraction of sp³-hybridized carbons (Fsp3) is 1.00. The predicted octanol–water partition coefficient (Wildman–Crippen LogP) is 1.52. The van der Waals surface area contributed by atoms with E-state index in [4.69, 9.17) is 10.5 Å². The summed E-state index contributed by atoms with van der Waals surface area (Å²) in [6.45, 7) is 5.45. The lowest BCUT2D eigenvalue weighted by Crippen LogP contribution is -2.34. The Hall–Kier alpha value is -0.120. The second-order valence-corrected chi connectivity index (χ2v) is 5.56. The van der Waals surface area contributed by atoms with Gasteiger partial charge < -0.3 is 15.8 Å². The maximum absolute atomic E-state index is 5.91. The van der Waals surface area contributed by atoms with Crippen LogP contribution in [0.3, 0.4) is 0 Å². The van der Waals surface area contributed by atoms with Gasteiger partial charge in [0.25, 0.3) is 0 Å². The minimum Gasteiger partial charge on any atom is -0.378 e. The Labute approximate surface area is 99.1 Å². The van der Waals surface area contributed by atoms with E-state index in [1.165, 1.54) is 38.6 Å². The first-order valence-corrected chi connectivity index (χ1v) is 6.83. The van der Waals surface area contributed by atoms with Crippen molar-refractivity contribution >= 4 is 0 Å². The summed E-state index contributed by atoms with van der Waals surface area (Å²) < 4.78 is 5.57. The third-order valence-corrected chi connectivity index (χ3v) is 4.26. The molecule has 2 aliphatic rings. The first-order valence-electron chi connectivity index (χ1n) is 6.83. The highest BCUT2D eigenvalue weighted by atomic mass is 16.5. The van der Waals surface area contributed by atoms with Crippen molar-refractivity contribution in [1.82, 2.24) is 5.32 Å². The molecular formula is C13H26N2O. The van der Waals surface area contributed by atoms with E-state index in [0.717, 1.165) is 25.0 Å². The van der Waals surface area contributed by atoms with Gasteiger partial charge in [0, 0.05) is 19.2 Å². The molecule has 2 unspecified atom stereocenters. The summed E-state index contributed by atoms with van der Waals surface area (Å²) >= 11 is 0. The summed E-state index contributed by atoms with van der Waals surface area (Å²) in [5.41, 5.74) is 5.91. The van der Waals surface area contributed by atoms with E-state index < -0.39 is 0 Å². The molecule has 3 heteroatoms. The van der Waals surface area contributed by atoms with Gasteiger partial charge in [-0.2, -0.15) is 0 Å². The number of ether oxygens (including phenoxy) is 1. The number of nitrogens with one attached hydrogen (secondary N) is 1. The number of rotatable bonds is 4. The molecule has 0 aromatic carbocycles. The molecule has 0 aromatic rings. The lowest BCUT2D eigenvalue weighted by atomic mass is 9.86. The van der Waals surface area contributed by atoms with Gasteiger partial charge in [0.2, 0.25) is 0 Å².